The van der Waals surface area contributed by atoms with Gasteiger partial charge in [-0.25, -0.2) is 0 Å². The molecule has 38 heavy (non-hydrogen) atoms. The van der Waals surface area contributed by atoms with Crippen molar-refractivity contribution in [3.05, 3.63) is 65.2 Å². The van der Waals surface area contributed by atoms with E-state index in [4.69, 9.17) is 11.6 Å². The number of nitrogens with zero attached hydrogens (tertiary/aromatic N) is 1. The quantitative estimate of drug-likeness (QED) is 0.456. The molecule has 2 aromatic rings. The molecule has 9 heteroatoms. The van der Waals surface area contributed by atoms with Crippen LogP contribution in [0.4, 0.5) is 5.69 Å². The smallest absolute Gasteiger partial charge is 0.248 e. The monoisotopic (exact) mass is 555 g/mol. The van der Waals surface area contributed by atoms with Crippen molar-refractivity contribution in [2.75, 3.05) is 11.9 Å². The maximum absolute atomic E-state index is 14.2. The van der Waals surface area contributed by atoms with Gasteiger partial charge in [0.1, 0.15) is 6.04 Å². The zero-order valence-electron chi connectivity index (χ0n) is 21.8. The molecule has 3 heterocycles. The van der Waals surface area contributed by atoms with Gasteiger partial charge in [0.15, 0.2) is 0 Å². The molecule has 2 bridgehead atoms. The second-order valence-corrected chi connectivity index (χ2v) is 13.5. The SMILES string of the molecule is CC(C)[C@H](CO)N1C(=O)[C@@H]2[C@@H](C(=O)NCc3ccccc3)[C@@]3(C)CCC2(S3)C1C(=O)Nc1ccc(Cl)cc1. The molecule has 2 unspecified atom stereocenters. The lowest BCUT2D eigenvalue weighted by atomic mass is 9.66. The van der Waals surface area contributed by atoms with Gasteiger partial charge in [-0.05, 0) is 55.5 Å². The first-order valence-corrected chi connectivity index (χ1v) is 14.3. The highest BCUT2D eigenvalue weighted by Gasteiger charge is 2.77. The van der Waals surface area contributed by atoms with E-state index < -0.39 is 33.4 Å². The van der Waals surface area contributed by atoms with Gasteiger partial charge < -0.3 is 20.6 Å². The van der Waals surface area contributed by atoms with E-state index in [0.717, 1.165) is 12.0 Å². The largest absolute Gasteiger partial charge is 0.394 e. The minimum absolute atomic E-state index is 0.0758. The van der Waals surface area contributed by atoms with Crippen LogP contribution in [0.25, 0.3) is 0 Å². The molecular formula is C29H34ClN3O4S. The maximum Gasteiger partial charge on any atom is 0.248 e. The van der Waals surface area contributed by atoms with Crippen molar-refractivity contribution in [2.24, 2.45) is 17.8 Å². The predicted octanol–water partition coefficient (Wildman–Crippen LogP) is 4.09. The minimum Gasteiger partial charge on any atom is -0.394 e. The molecule has 5 rings (SSSR count). The van der Waals surface area contributed by atoms with Crippen molar-refractivity contribution in [1.82, 2.24) is 10.2 Å². The summed E-state index contributed by atoms with van der Waals surface area (Å²) in [6.45, 7) is 6.04. The van der Waals surface area contributed by atoms with E-state index in [-0.39, 0.29) is 30.2 Å². The number of likely N-dealkylation sites (tertiary alicyclic amines) is 1. The van der Waals surface area contributed by atoms with Gasteiger partial charge >= 0.3 is 0 Å². The van der Waals surface area contributed by atoms with E-state index in [1.54, 1.807) is 40.9 Å². The van der Waals surface area contributed by atoms with Gasteiger partial charge in [0.2, 0.25) is 17.7 Å². The number of carbonyl (C=O) groups excluding carboxylic acids is 3. The summed E-state index contributed by atoms with van der Waals surface area (Å²) in [5.41, 5.74) is 1.56. The Morgan fingerprint density at radius 1 is 1.11 bits per heavy atom. The highest BCUT2D eigenvalue weighted by molar-refractivity contribution is 8.02. The molecule has 3 fully saturated rings. The number of nitrogens with one attached hydrogen (secondary N) is 2. The standard InChI is InChI=1S/C29H34ClN3O4S/c1-17(2)21(16-34)33-24(26(36)32-20-11-9-19(30)10-12-20)29-14-13-28(3,38-29)22(23(29)27(33)37)25(35)31-15-18-7-5-4-6-8-18/h4-12,17,21-24,34H,13-16H2,1-3H3,(H,31,35)(H,32,36)/t21-,22-,23-,24?,28+,29?/m0/s1. The Morgan fingerprint density at radius 2 is 1.79 bits per heavy atom. The van der Waals surface area contributed by atoms with E-state index in [9.17, 15) is 19.5 Å². The number of amides is 3. The summed E-state index contributed by atoms with van der Waals surface area (Å²) in [5, 5.41) is 16.9. The van der Waals surface area contributed by atoms with Crippen LogP contribution >= 0.6 is 23.4 Å². The number of hydrogen-bond donors (Lipinski definition) is 3. The minimum atomic E-state index is -0.811. The Labute approximate surface area is 232 Å². The number of carbonyl (C=O) groups is 3. The summed E-state index contributed by atoms with van der Waals surface area (Å²) < 4.78 is -1.21. The Kier molecular flexibility index (Phi) is 7.26. The van der Waals surface area contributed by atoms with Crippen molar-refractivity contribution >= 4 is 46.8 Å². The van der Waals surface area contributed by atoms with Crippen LogP contribution in [0, 0.1) is 17.8 Å². The summed E-state index contributed by atoms with van der Waals surface area (Å²) in [6, 6.07) is 15.2. The zero-order valence-corrected chi connectivity index (χ0v) is 23.4. The third kappa shape index (κ3) is 4.40. The Bertz CT molecular complexity index is 1230. The Hall–Kier alpha value is -2.55. The predicted molar refractivity (Wildman–Crippen MR) is 150 cm³/mol. The molecule has 2 aromatic carbocycles. The van der Waals surface area contributed by atoms with Crippen LogP contribution in [0.15, 0.2) is 54.6 Å². The summed E-state index contributed by atoms with van der Waals surface area (Å²) in [6.07, 6.45) is 1.38. The van der Waals surface area contributed by atoms with Gasteiger partial charge in [-0.3, -0.25) is 14.4 Å². The van der Waals surface area contributed by atoms with E-state index in [2.05, 4.69) is 17.6 Å². The van der Waals surface area contributed by atoms with Gasteiger partial charge in [0.05, 0.1) is 29.2 Å². The molecule has 6 atom stereocenters. The van der Waals surface area contributed by atoms with Crippen LogP contribution in [-0.4, -0.2) is 55.9 Å². The molecule has 7 nitrogen and oxygen atoms in total. The van der Waals surface area contributed by atoms with E-state index >= 15 is 0 Å². The summed E-state index contributed by atoms with van der Waals surface area (Å²) in [5.74, 6) is -1.97. The first-order chi connectivity index (χ1) is 18.1. The molecule has 0 radical (unpaired) electrons. The van der Waals surface area contributed by atoms with Crippen LogP contribution in [0.3, 0.4) is 0 Å². The molecule has 1 spiro atoms. The number of halogens is 1. The number of benzene rings is 2. The Morgan fingerprint density at radius 3 is 2.42 bits per heavy atom. The molecule has 3 amide bonds. The number of aliphatic hydroxyl groups is 1. The Balaban J connectivity index is 1.50. The maximum atomic E-state index is 14.2. The molecule has 3 N–H and O–H groups in total. The average Bonchev–Trinajstić information content (AvgIpc) is 3.46. The van der Waals surface area contributed by atoms with Crippen LogP contribution in [0.2, 0.25) is 5.02 Å². The van der Waals surface area contributed by atoms with E-state index in [1.165, 1.54) is 0 Å². The van der Waals surface area contributed by atoms with E-state index in [1.807, 2.05) is 44.2 Å². The molecule has 0 aliphatic carbocycles. The number of rotatable bonds is 8. The van der Waals surface area contributed by atoms with Crippen molar-refractivity contribution in [3.8, 4) is 0 Å². The van der Waals surface area contributed by atoms with Crippen LogP contribution in [0.5, 0.6) is 0 Å². The number of thioether (sulfide) groups is 1. The second kappa shape index (κ2) is 10.2. The molecule has 0 aromatic heterocycles. The van der Waals surface area contributed by atoms with Gasteiger partial charge in [-0.15, -0.1) is 11.8 Å². The van der Waals surface area contributed by atoms with Gasteiger partial charge in [0.25, 0.3) is 0 Å². The average molecular weight is 556 g/mol. The molecule has 3 aliphatic heterocycles. The zero-order chi connectivity index (χ0) is 27.2. The summed E-state index contributed by atoms with van der Waals surface area (Å²) in [7, 11) is 0. The van der Waals surface area contributed by atoms with Crippen molar-refractivity contribution in [2.45, 2.75) is 61.7 Å². The van der Waals surface area contributed by atoms with Crippen LogP contribution < -0.4 is 10.6 Å². The fourth-order valence-electron chi connectivity index (χ4n) is 6.68. The number of aliphatic hydroxyl groups excluding tert-OH is 1. The summed E-state index contributed by atoms with van der Waals surface area (Å²) >= 11 is 7.65. The molecular weight excluding hydrogens is 522 g/mol. The fourth-order valence-corrected chi connectivity index (χ4v) is 9.15. The highest BCUT2D eigenvalue weighted by Crippen LogP contribution is 2.71. The first kappa shape index (κ1) is 27.0. The van der Waals surface area contributed by atoms with Gasteiger partial charge in [0, 0.05) is 22.0 Å². The van der Waals surface area contributed by atoms with Crippen LogP contribution in [-0.2, 0) is 20.9 Å². The first-order valence-electron chi connectivity index (χ1n) is 13.1. The van der Waals surface area contributed by atoms with Crippen molar-refractivity contribution in [1.29, 1.82) is 0 Å². The normalized spacial score (nSPS) is 30.4. The van der Waals surface area contributed by atoms with Gasteiger partial charge in [-0.1, -0.05) is 55.8 Å². The second-order valence-electron chi connectivity index (χ2n) is 11.2. The fraction of sp³-hybridized carbons (Fsp3) is 0.483. The van der Waals surface area contributed by atoms with Crippen molar-refractivity contribution in [3.63, 3.8) is 0 Å². The lowest BCUT2D eigenvalue weighted by Gasteiger charge is -2.38. The third-order valence-electron chi connectivity index (χ3n) is 8.48. The number of fused-ring (bicyclic) bond motifs is 1. The van der Waals surface area contributed by atoms with Gasteiger partial charge in [-0.2, -0.15) is 0 Å². The summed E-state index contributed by atoms with van der Waals surface area (Å²) in [4.78, 5) is 43.5. The van der Waals surface area contributed by atoms with Crippen molar-refractivity contribution < 1.29 is 19.5 Å². The highest BCUT2D eigenvalue weighted by atomic mass is 35.5. The molecule has 3 aliphatic rings. The topological polar surface area (TPSA) is 98.7 Å². The van der Waals surface area contributed by atoms with E-state index in [0.29, 0.717) is 23.7 Å². The number of hydrogen-bond acceptors (Lipinski definition) is 5. The lowest BCUT2D eigenvalue weighted by Crippen LogP contribution is -2.56. The molecule has 0 saturated carbocycles. The lowest BCUT2D eigenvalue weighted by molar-refractivity contribution is -0.143. The third-order valence-corrected chi connectivity index (χ3v) is 10.7. The number of anilines is 1. The molecule has 3 saturated heterocycles. The molecule has 202 valence electrons. The van der Waals surface area contributed by atoms with Crippen LogP contribution in [0.1, 0.15) is 39.2 Å².